The summed E-state index contributed by atoms with van der Waals surface area (Å²) in [4.78, 5) is 4.87. The van der Waals surface area contributed by atoms with E-state index in [0.717, 1.165) is 5.39 Å². The number of rotatable bonds is 3. The Bertz CT molecular complexity index is 569. The van der Waals surface area contributed by atoms with Crippen LogP contribution in [-0.2, 0) is 0 Å². The fraction of sp³-hybridized carbons (Fsp3) is 0.357. The molecule has 0 fully saturated rings. The van der Waals surface area contributed by atoms with Crippen molar-refractivity contribution in [3.05, 3.63) is 30.2 Å². The molecule has 1 aromatic carbocycles. The Balaban J connectivity index is 2.56. The highest BCUT2D eigenvalue weighted by atomic mass is 32.2. The predicted octanol–water partition coefficient (Wildman–Crippen LogP) is 4.09. The monoisotopic (exact) mass is 264 g/mol. The molecule has 1 atom stereocenters. The Kier molecular flexibility index (Phi) is 3.76. The summed E-state index contributed by atoms with van der Waals surface area (Å²) in [5.41, 5.74) is 6.93. The minimum atomic E-state index is -0.281. The molecule has 1 aromatic heterocycles. The number of hydrogen-bond acceptors (Lipinski definition) is 3. The molecule has 18 heavy (non-hydrogen) atoms. The third-order valence-corrected chi connectivity index (χ3v) is 4.62. The molecule has 0 saturated carbocycles. The van der Waals surface area contributed by atoms with E-state index >= 15 is 0 Å². The van der Waals surface area contributed by atoms with E-state index in [1.165, 1.54) is 17.8 Å². The smallest absolute Gasteiger partial charge is 0.141 e. The zero-order chi connectivity index (χ0) is 13.3. The van der Waals surface area contributed by atoms with Crippen LogP contribution in [0.1, 0.15) is 20.8 Å². The molecule has 1 heterocycles. The number of nitrogen functional groups attached to an aromatic ring is 1. The summed E-state index contributed by atoms with van der Waals surface area (Å²) >= 11 is 1.52. The maximum Gasteiger partial charge on any atom is 0.141 e. The minimum absolute atomic E-state index is 0.281. The lowest BCUT2D eigenvalue weighted by Gasteiger charge is -2.17. The fourth-order valence-corrected chi connectivity index (χ4v) is 2.74. The highest BCUT2D eigenvalue weighted by Crippen LogP contribution is 2.36. The first-order valence-corrected chi connectivity index (χ1v) is 6.88. The maximum atomic E-state index is 14.1. The van der Waals surface area contributed by atoms with E-state index in [-0.39, 0.29) is 5.82 Å². The second-order valence-corrected chi connectivity index (χ2v) is 6.13. The lowest BCUT2D eigenvalue weighted by Crippen LogP contribution is -2.06. The summed E-state index contributed by atoms with van der Waals surface area (Å²) in [6.45, 7) is 6.35. The lowest BCUT2D eigenvalue weighted by molar-refractivity contribution is 0.601. The first-order chi connectivity index (χ1) is 8.50. The van der Waals surface area contributed by atoms with Gasteiger partial charge in [-0.3, -0.25) is 4.98 Å². The molecule has 0 aliphatic heterocycles. The van der Waals surface area contributed by atoms with Crippen molar-refractivity contribution in [2.75, 3.05) is 5.73 Å². The number of nitrogens with two attached hydrogens (primary N) is 1. The molecule has 2 aromatic rings. The number of halogens is 1. The number of anilines is 1. The van der Waals surface area contributed by atoms with Crippen LogP contribution in [0.25, 0.3) is 10.9 Å². The number of hydrogen-bond donors (Lipinski definition) is 1. The fourth-order valence-electron chi connectivity index (χ4n) is 1.65. The van der Waals surface area contributed by atoms with Crippen molar-refractivity contribution in [1.82, 2.24) is 4.98 Å². The largest absolute Gasteiger partial charge is 0.398 e. The predicted molar refractivity (Wildman–Crippen MR) is 76.3 cm³/mol. The van der Waals surface area contributed by atoms with Gasteiger partial charge in [0.2, 0.25) is 0 Å². The first-order valence-electron chi connectivity index (χ1n) is 6.00. The van der Waals surface area contributed by atoms with Gasteiger partial charge < -0.3 is 5.73 Å². The van der Waals surface area contributed by atoms with Gasteiger partial charge in [-0.25, -0.2) is 4.39 Å². The van der Waals surface area contributed by atoms with Crippen LogP contribution in [0.4, 0.5) is 10.1 Å². The quantitative estimate of drug-likeness (QED) is 0.670. The summed E-state index contributed by atoms with van der Waals surface area (Å²) < 4.78 is 14.1. The summed E-state index contributed by atoms with van der Waals surface area (Å²) in [5.74, 6) is 0.196. The molecule has 4 heteroatoms. The van der Waals surface area contributed by atoms with Crippen molar-refractivity contribution in [3.63, 3.8) is 0 Å². The van der Waals surface area contributed by atoms with Crippen molar-refractivity contribution >= 4 is 28.4 Å². The summed E-state index contributed by atoms with van der Waals surface area (Å²) in [6, 6.07) is 5.08. The molecule has 2 rings (SSSR count). The zero-order valence-corrected chi connectivity index (χ0v) is 11.6. The summed E-state index contributed by atoms with van der Waals surface area (Å²) in [5, 5.41) is 1.14. The number of benzene rings is 1. The van der Waals surface area contributed by atoms with Crippen LogP contribution in [0.15, 0.2) is 29.3 Å². The normalized spacial score (nSPS) is 13.2. The summed E-state index contributed by atoms with van der Waals surface area (Å²) in [7, 11) is 0. The second-order valence-electron chi connectivity index (χ2n) is 4.74. The second kappa shape index (κ2) is 5.14. The van der Waals surface area contributed by atoms with E-state index < -0.39 is 0 Å². The van der Waals surface area contributed by atoms with Crippen molar-refractivity contribution in [3.8, 4) is 0 Å². The standard InChI is InChI=1S/C14H17FN2S/c1-8(2)9(3)18-14-11(15)7-12(16)10-5-4-6-17-13(10)14/h4-9H,16H2,1-3H3. The molecule has 0 spiro atoms. The maximum absolute atomic E-state index is 14.1. The number of nitrogens with zero attached hydrogens (tertiary/aromatic N) is 1. The highest BCUT2D eigenvalue weighted by Gasteiger charge is 2.17. The summed E-state index contributed by atoms with van der Waals surface area (Å²) in [6.07, 6.45) is 1.67. The van der Waals surface area contributed by atoms with Gasteiger partial charge >= 0.3 is 0 Å². The van der Waals surface area contributed by atoms with Crippen LogP contribution in [0.3, 0.4) is 0 Å². The topological polar surface area (TPSA) is 38.9 Å². The zero-order valence-electron chi connectivity index (χ0n) is 10.8. The number of thioether (sulfide) groups is 1. The third-order valence-electron chi connectivity index (χ3n) is 3.08. The molecular formula is C14H17FN2S. The van der Waals surface area contributed by atoms with E-state index in [1.54, 1.807) is 6.20 Å². The van der Waals surface area contributed by atoms with Crippen molar-refractivity contribution in [1.29, 1.82) is 0 Å². The van der Waals surface area contributed by atoms with Gasteiger partial charge in [0.05, 0.1) is 10.4 Å². The Labute approximate surface area is 111 Å². The molecule has 0 saturated heterocycles. The van der Waals surface area contributed by atoms with E-state index in [1.807, 2.05) is 12.1 Å². The first kappa shape index (κ1) is 13.1. The Morgan fingerprint density at radius 2 is 2.06 bits per heavy atom. The van der Waals surface area contributed by atoms with E-state index in [4.69, 9.17) is 5.73 Å². The van der Waals surface area contributed by atoms with Crippen LogP contribution < -0.4 is 5.73 Å². The van der Waals surface area contributed by atoms with E-state index in [0.29, 0.717) is 27.3 Å². The van der Waals surface area contributed by atoms with Crippen LogP contribution in [0.2, 0.25) is 0 Å². The Morgan fingerprint density at radius 1 is 1.33 bits per heavy atom. The molecule has 1 unspecified atom stereocenters. The molecule has 0 amide bonds. The number of aromatic nitrogens is 1. The molecule has 0 radical (unpaired) electrons. The van der Waals surface area contributed by atoms with Crippen LogP contribution in [0, 0.1) is 11.7 Å². The van der Waals surface area contributed by atoms with E-state index in [2.05, 4.69) is 25.8 Å². The SMILES string of the molecule is CC(C)C(C)Sc1c(F)cc(N)c2cccnc12. The Morgan fingerprint density at radius 3 is 2.72 bits per heavy atom. The number of fused-ring (bicyclic) bond motifs is 1. The lowest BCUT2D eigenvalue weighted by atomic mass is 10.1. The number of pyridine rings is 1. The van der Waals surface area contributed by atoms with Crippen molar-refractivity contribution in [2.45, 2.75) is 30.9 Å². The van der Waals surface area contributed by atoms with Crippen molar-refractivity contribution < 1.29 is 4.39 Å². The average molecular weight is 264 g/mol. The van der Waals surface area contributed by atoms with Gasteiger partial charge in [-0.1, -0.05) is 20.8 Å². The van der Waals surface area contributed by atoms with Crippen LogP contribution in [-0.4, -0.2) is 10.2 Å². The van der Waals surface area contributed by atoms with Gasteiger partial charge in [-0.15, -0.1) is 11.8 Å². The molecule has 2 nitrogen and oxygen atoms in total. The van der Waals surface area contributed by atoms with Gasteiger partial charge in [-0.05, 0) is 24.1 Å². The van der Waals surface area contributed by atoms with Crippen LogP contribution in [0.5, 0.6) is 0 Å². The van der Waals surface area contributed by atoms with Gasteiger partial charge in [0.15, 0.2) is 0 Å². The van der Waals surface area contributed by atoms with Gasteiger partial charge in [-0.2, -0.15) is 0 Å². The molecule has 0 aliphatic rings. The van der Waals surface area contributed by atoms with Gasteiger partial charge in [0, 0.05) is 22.5 Å². The molecule has 0 aliphatic carbocycles. The average Bonchev–Trinajstić information content (AvgIpc) is 2.34. The third kappa shape index (κ3) is 2.43. The van der Waals surface area contributed by atoms with Crippen molar-refractivity contribution in [2.24, 2.45) is 5.92 Å². The molecule has 96 valence electrons. The highest BCUT2D eigenvalue weighted by molar-refractivity contribution is 8.00. The molecular weight excluding hydrogens is 247 g/mol. The van der Waals surface area contributed by atoms with Crippen LogP contribution >= 0.6 is 11.8 Å². The van der Waals surface area contributed by atoms with Gasteiger partial charge in [0.1, 0.15) is 5.82 Å². The molecule has 0 bridgehead atoms. The minimum Gasteiger partial charge on any atom is -0.398 e. The Hall–Kier alpha value is -1.29. The van der Waals surface area contributed by atoms with E-state index in [9.17, 15) is 4.39 Å². The van der Waals surface area contributed by atoms with Gasteiger partial charge in [0.25, 0.3) is 0 Å². The molecule has 2 N–H and O–H groups in total.